The first kappa shape index (κ1) is 16.6. The molecule has 2 rings (SSSR count). The molecule has 124 valence electrons. The summed E-state index contributed by atoms with van der Waals surface area (Å²) in [6, 6.07) is 0.197. The molecule has 1 aliphatic rings. The van der Waals surface area contributed by atoms with Gasteiger partial charge in [-0.05, 0) is 25.7 Å². The van der Waals surface area contributed by atoms with Crippen molar-refractivity contribution in [3.8, 4) is 5.88 Å². The Balaban J connectivity index is 1.85. The number of hydrogen-bond acceptors (Lipinski definition) is 3. The predicted octanol–water partition coefficient (Wildman–Crippen LogP) is 2.51. The Morgan fingerprint density at radius 2 is 2.23 bits per heavy atom. The van der Waals surface area contributed by atoms with E-state index in [-0.39, 0.29) is 6.03 Å². The van der Waals surface area contributed by atoms with Crippen LogP contribution in [0, 0.1) is 12.8 Å². The second-order valence-electron chi connectivity index (χ2n) is 6.16. The molecule has 1 saturated carbocycles. The smallest absolute Gasteiger partial charge is 0.315 e. The Bertz CT molecular complexity index is 512. The maximum absolute atomic E-state index is 12.1. The van der Waals surface area contributed by atoms with Gasteiger partial charge in [0.2, 0.25) is 5.88 Å². The molecule has 6 heteroatoms. The fraction of sp³-hybridized carbons (Fsp3) is 0.750. The van der Waals surface area contributed by atoms with Gasteiger partial charge in [-0.1, -0.05) is 26.2 Å². The lowest BCUT2D eigenvalue weighted by Gasteiger charge is -2.29. The number of nitrogens with zero attached hydrogens (tertiary/aromatic N) is 2. The van der Waals surface area contributed by atoms with Crippen LogP contribution >= 0.6 is 0 Å². The molecule has 1 aromatic heterocycles. The van der Waals surface area contributed by atoms with E-state index in [2.05, 4.69) is 22.7 Å². The standard InChI is InChI=1S/C16H28N4O2/c1-5-12-7-6-8-13(9-12)18-16(21)17-10-14-11(2)19-20(3)15(14)22-4/h12-13H,5-10H2,1-4H3,(H2,17,18,21)/t12-,13+/m1/s1. The molecule has 0 bridgehead atoms. The number of ether oxygens (including phenoxy) is 1. The molecular weight excluding hydrogens is 280 g/mol. The van der Waals surface area contributed by atoms with Crippen molar-refractivity contribution in [2.24, 2.45) is 13.0 Å². The molecule has 2 atom stereocenters. The number of carbonyl (C=O) groups is 1. The Morgan fingerprint density at radius 1 is 1.45 bits per heavy atom. The molecule has 0 saturated heterocycles. The number of aromatic nitrogens is 2. The molecule has 0 radical (unpaired) electrons. The minimum absolute atomic E-state index is 0.105. The molecule has 1 aliphatic carbocycles. The van der Waals surface area contributed by atoms with E-state index in [9.17, 15) is 4.79 Å². The lowest BCUT2D eigenvalue weighted by molar-refractivity contribution is 0.224. The second kappa shape index (κ2) is 7.51. The van der Waals surface area contributed by atoms with Crippen molar-refractivity contribution in [2.75, 3.05) is 7.11 Å². The number of rotatable bonds is 5. The van der Waals surface area contributed by atoms with Crippen LogP contribution < -0.4 is 15.4 Å². The lowest BCUT2D eigenvalue weighted by atomic mass is 9.84. The molecule has 0 spiro atoms. The number of aryl methyl sites for hydroxylation is 2. The van der Waals surface area contributed by atoms with Crippen LogP contribution in [0.4, 0.5) is 4.79 Å². The lowest BCUT2D eigenvalue weighted by Crippen LogP contribution is -2.43. The van der Waals surface area contributed by atoms with Crippen molar-refractivity contribution in [1.82, 2.24) is 20.4 Å². The first-order valence-corrected chi connectivity index (χ1v) is 8.16. The van der Waals surface area contributed by atoms with E-state index in [1.165, 1.54) is 19.3 Å². The molecular formula is C16H28N4O2. The monoisotopic (exact) mass is 308 g/mol. The largest absolute Gasteiger partial charge is 0.481 e. The third kappa shape index (κ3) is 3.93. The van der Waals surface area contributed by atoms with Crippen molar-refractivity contribution < 1.29 is 9.53 Å². The highest BCUT2D eigenvalue weighted by Crippen LogP contribution is 2.26. The summed E-state index contributed by atoms with van der Waals surface area (Å²) >= 11 is 0. The summed E-state index contributed by atoms with van der Waals surface area (Å²) in [5.74, 6) is 1.45. The summed E-state index contributed by atoms with van der Waals surface area (Å²) < 4.78 is 7.03. The highest BCUT2D eigenvalue weighted by molar-refractivity contribution is 5.74. The van der Waals surface area contributed by atoms with Gasteiger partial charge in [0.05, 0.1) is 24.9 Å². The van der Waals surface area contributed by atoms with Gasteiger partial charge in [0.15, 0.2) is 0 Å². The molecule has 6 nitrogen and oxygen atoms in total. The van der Waals surface area contributed by atoms with Crippen LogP contribution in [0.1, 0.15) is 50.3 Å². The van der Waals surface area contributed by atoms with E-state index in [1.807, 2.05) is 14.0 Å². The van der Waals surface area contributed by atoms with Gasteiger partial charge in [-0.15, -0.1) is 0 Å². The van der Waals surface area contributed by atoms with Gasteiger partial charge in [0.1, 0.15) is 0 Å². The van der Waals surface area contributed by atoms with Crippen LogP contribution in [0.5, 0.6) is 5.88 Å². The highest BCUT2D eigenvalue weighted by Gasteiger charge is 2.22. The summed E-state index contributed by atoms with van der Waals surface area (Å²) in [6.45, 7) is 4.58. The van der Waals surface area contributed by atoms with E-state index in [0.29, 0.717) is 18.5 Å². The number of amides is 2. The number of methoxy groups -OCH3 is 1. The molecule has 1 heterocycles. The first-order chi connectivity index (χ1) is 10.5. The second-order valence-corrected chi connectivity index (χ2v) is 6.16. The molecule has 0 unspecified atom stereocenters. The van der Waals surface area contributed by atoms with E-state index >= 15 is 0 Å². The zero-order chi connectivity index (χ0) is 16.1. The third-order valence-corrected chi connectivity index (χ3v) is 4.60. The zero-order valence-corrected chi connectivity index (χ0v) is 14.1. The van der Waals surface area contributed by atoms with E-state index in [1.54, 1.807) is 11.8 Å². The maximum Gasteiger partial charge on any atom is 0.315 e. The fourth-order valence-electron chi connectivity index (χ4n) is 3.34. The van der Waals surface area contributed by atoms with E-state index < -0.39 is 0 Å². The Kier molecular flexibility index (Phi) is 5.69. The number of nitrogens with one attached hydrogen (secondary N) is 2. The van der Waals surface area contributed by atoms with Gasteiger partial charge in [0, 0.05) is 13.1 Å². The van der Waals surface area contributed by atoms with Gasteiger partial charge in [-0.3, -0.25) is 0 Å². The number of carbonyl (C=O) groups excluding carboxylic acids is 1. The summed E-state index contributed by atoms with van der Waals surface area (Å²) in [5, 5.41) is 10.3. The first-order valence-electron chi connectivity index (χ1n) is 8.16. The van der Waals surface area contributed by atoms with Gasteiger partial charge in [-0.2, -0.15) is 5.10 Å². The summed E-state index contributed by atoms with van der Waals surface area (Å²) in [4.78, 5) is 12.1. The van der Waals surface area contributed by atoms with Crippen molar-refractivity contribution in [1.29, 1.82) is 0 Å². The van der Waals surface area contributed by atoms with Crippen LogP contribution in [0.15, 0.2) is 0 Å². The van der Waals surface area contributed by atoms with Crippen molar-refractivity contribution >= 4 is 6.03 Å². The maximum atomic E-state index is 12.1. The van der Waals surface area contributed by atoms with Crippen LogP contribution in [-0.4, -0.2) is 29.0 Å². The Labute approximate surface area is 132 Å². The molecule has 0 aliphatic heterocycles. The van der Waals surface area contributed by atoms with Crippen LogP contribution in [0.25, 0.3) is 0 Å². The summed E-state index contributed by atoms with van der Waals surface area (Å²) in [6.07, 6.45) is 5.88. The average Bonchev–Trinajstić information content (AvgIpc) is 2.78. The predicted molar refractivity (Wildman–Crippen MR) is 85.9 cm³/mol. The van der Waals surface area contributed by atoms with Crippen molar-refractivity contribution in [3.05, 3.63) is 11.3 Å². The third-order valence-electron chi connectivity index (χ3n) is 4.60. The SMILES string of the molecule is CC[C@@H]1CCC[C@H](NC(=O)NCc2c(C)nn(C)c2OC)C1. The topological polar surface area (TPSA) is 68.2 Å². The molecule has 22 heavy (non-hydrogen) atoms. The average molecular weight is 308 g/mol. The van der Waals surface area contributed by atoms with Crippen molar-refractivity contribution in [2.45, 2.75) is 58.5 Å². The van der Waals surface area contributed by atoms with Crippen LogP contribution in [-0.2, 0) is 13.6 Å². The fourth-order valence-corrected chi connectivity index (χ4v) is 3.34. The van der Waals surface area contributed by atoms with Gasteiger partial charge in [0.25, 0.3) is 0 Å². The molecule has 1 fully saturated rings. The minimum Gasteiger partial charge on any atom is -0.481 e. The van der Waals surface area contributed by atoms with Crippen molar-refractivity contribution in [3.63, 3.8) is 0 Å². The van der Waals surface area contributed by atoms with Gasteiger partial charge >= 0.3 is 6.03 Å². The highest BCUT2D eigenvalue weighted by atomic mass is 16.5. The van der Waals surface area contributed by atoms with Gasteiger partial charge in [-0.25, -0.2) is 9.48 Å². The summed E-state index contributed by atoms with van der Waals surface area (Å²) in [5.41, 5.74) is 1.80. The minimum atomic E-state index is -0.105. The zero-order valence-electron chi connectivity index (χ0n) is 14.1. The van der Waals surface area contributed by atoms with E-state index in [4.69, 9.17) is 4.74 Å². The number of urea groups is 1. The Morgan fingerprint density at radius 3 is 2.91 bits per heavy atom. The quantitative estimate of drug-likeness (QED) is 0.878. The molecule has 2 amide bonds. The Hall–Kier alpha value is -1.72. The normalized spacial score (nSPS) is 21.5. The molecule has 1 aromatic rings. The van der Waals surface area contributed by atoms with Gasteiger partial charge < -0.3 is 15.4 Å². The molecule has 0 aromatic carbocycles. The summed E-state index contributed by atoms with van der Waals surface area (Å²) in [7, 11) is 3.45. The molecule has 2 N–H and O–H groups in total. The van der Waals surface area contributed by atoms with Crippen LogP contribution in [0.3, 0.4) is 0 Å². The van der Waals surface area contributed by atoms with E-state index in [0.717, 1.165) is 30.0 Å². The van der Waals surface area contributed by atoms with Crippen LogP contribution in [0.2, 0.25) is 0 Å². The number of hydrogen-bond donors (Lipinski definition) is 2.